The Morgan fingerprint density at radius 2 is 2.00 bits per heavy atom. The Hall–Kier alpha value is -2.15. The van der Waals surface area contributed by atoms with Crippen molar-refractivity contribution >= 4 is 17.3 Å². The van der Waals surface area contributed by atoms with Gasteiger partial charge in [0.05, 0.1) is 0 Å². The maximum absolute atomic E-state index is 10.4. The van der Waals surface area contributed by atoms with Crippen LogP contribution in [-0.4, -0.2) is 22.2 Å². The smallest absolute Gasteiger partial charge is 0.140 e. The number of aromatic nitrogens is 1. The van der Waals surface area contributed by atoms with E-state index < -0.39 is 6.23 Å². The van der Waals surface area contributed by atoms with Crippen molar-refractivity contribution in [1.29, 1.82) is 0 Å². The Labute approximate surface area is 160 Å². The van der Waals surface area contributed by atoms with Crippen molar-refractivity contribution in [3.8, 4) is 0 Å². The number of aliphatic hydroxyl groups is 1. The van der Waals surface area contributed by atoms with Gasteiger partial charge in [0, 0.05) is 29.9 Å². The van der Waals surface area contributed by atoms with Gasteiger partial charge in [-0.05, 0) is 55.5 Å². The van der Waals surface area contributed by atoms with Crippen molar-refractivity contribution < 1.29 is 5.11 Å². The second-order valence-electron chi connectivity index (χ2n) is 7.80. The van der Waals surface area contributed by atoms with Gasteiger partial charge < -0.3 is 21.5 Å². The molecule has 0 spiro atoms. The average Bonchev–Trinajstić information content (AvgIpc) is 3.03. The van der Waals surface area contributed by atoms with Crippen molar-refractivity contribution in [1.82, 2.24) is 10.3 Å². The lowest BCUT2D eigenvalue weighted by Crippen LogP contribution is -2.43. The molecule has 2 aliphatic rings. The molecular formula is C21H29N5O. The molecule has 1 aromatic heterocycles. The van der Waals surface area contributed by atoms with Crippen LogP contribution in [0.4, 0.5) is 17.3 Å². The van der Waals surface area contributed by atoms with Crippen LogP contribution in [0.25, 0.3) is 0 Å². The number of pyridine rings is 1. The van der Waals surface area contributed by atoms with E-state index in [9.17, 15) is 5.11 Å². The van der Waals surface area contributed by atoms with Crippen molar-refractivity contribution in [2.24, 2.45) is 5.73 Å². The summed E-state index contributed by atoms with van der Waals surface area (Å²) in [5, 5.41) is 20.6. The van der Waals surface area contributed by atoms with Gasteiger partial charge in [0.15, 0.2) is 0 Å². The fourth-order valence-electron chi connectivity index (χ4n) is 4.18. The molecule has 0 bridgehead atoms. The van der Waals surface area contributed by atoms with Crippen LogP contribution in [-0.2, 0) is 6.54 Å². The van der Waals surface area contributed by atoms with Crippen LogP contribution in [0.1, 0.15) is 54.2 Å². The summed E-state index contributed by atoms with van der Waals surface area (Å²) in [6.07, 6.45) is 3.82. The molecule has 6 nitrogen and oxygen atoms in total. The molecule has 0 radical (unpaired) electrons. The van der Waals surface area contributed by atoms with Crippen molar-refractivity contribution in [2.45, 2.75) is 64.4 Å². The van der Waals surface area contributed by atoms with Crippen LogP contribution in [0.3, 0.4) is 0 Å². The van der Waals surface area contributed by atoms with Gasteiger partial charge in [0.1, 0.15) is 17.9 Å². The van der Waals surface area contributed by atoms with E-state index in [-0.39, 0.29) is 12.1 Å². The minimum atomic E-state index is -0.704. The number of rotatable bonds is 4. The van der Waals surface area contributed by atoms with E-state index >= 15 is 0 Å². The second-order valence-corrected chi connectivity index (χ2v) is 7.80. The fraction of sp³-hybridized carbons (Fsp3) is 0.476. The summed E-state index contributed by atoms with van der Waals surface area (Å²) < 4.78 is 0. The third kappa shape index (κ3) is 3.65. The number of anilines is 3. The first-order valence-corrected chi connectivity index (χ1v) is 9.83. The van der Waals surface area contributed by atoms with Crippen LogP contribution >= 0.6 is 0 Å². The highest BCUT2D eigenvalue weighted by Gasteiger charge is 2.29. The monoisotopic (exact) mass is 367 g/mol. The quantitative estimate of drug-likeness (QED) is 0.570. The lowest BCUT2D eigenvalue weighted by Gasteiger charge is -2.31. The molecule has 0 amide bonds. The van der Waals surface area contributed by atoms with Crippen LogP contribution in [0, 0.1) is 13.8 Å². The molecule has 6 heteroatoms. The summed E-state index contributed by atoms with van der Waals surface area (Å²) >= 11 is 0. The Kier molecular flexibility index (Phi) is 5.04. The Bertz CT molecular complexity index is 838. The summed E-state index contributed by atoms with van der Waals surface area (Å²) in [4.78, 5) is 4.87. The van der Waals surface area contributed by atoms with E-state index in [2.05, 4.69) is 41.9 Å². The minimum Gasteiger partial charge on any atom is -0.374 e. The van der Waals surface area contributed by atoms with Crippen LogP contribution in [0.15, 0.2) is 24.3 Å². The van der Waals surface area contributed by atoms with Crippen molar-refractivity contribution in [3.05, 3.63) is 46.5 Å². The molecule has 3 atom stereocenters. The highest BCUT2D eigenvalue weighted by Crippen LogP contribution is 2.37. The van der Waals surface area contributed by atoms with E-state index in [0.717, 1.165) is 41.0 Å². The largest absolute Gasteiger partial charge is 0.374 e. The Morgan fingerprint density at radius 3 is 2.78 bits per heavy atom. The molecule has 1 saturated carbocycles. The zero-order valence-corrected chi connectivity index (χ0v) is 16.0. The summed E-state index contributed by atoms with van der Waals surface area (Å²) in [7, 11) is 0. The first kappa shape index (κ1) is 18.2. The molecule has 2 aromatic rings. The third-order valence-electron chi connectivity index (χ3n) is 5.78. The number of hydrogen-bond acceptors (Lipinski definition) is 6. The van der Waals surface area contributed by atoms with Crippen LogP contribution in [0.2, 0.25) is 0 Å². The predicted molar refractivity (Wildman–Crippen MR) is 109 cm³/mol. The third-order valence-corrected chi connectivity index (χ3v) is 5.78. The molecular weight excluding hydrogens is 338 g/mol. The number of nitrogens with one attached hydrogen (secondary N) is 3. The summed E-state index contributed by atoms with van der Waals surface area (Å²) in [5.74, 6) is 1.56. The zero-order valence-electron chi connectivity index (χ0n) is 16.0. The number of benzene rings is 1. The first-order chi connectivity index (χ1) is 13.0. The van der Waals surface area contributed by atoms with Gasteiger partial charge in [-0.15, -0.1) is 0 Å². The molecule has 2 heterocycles. The minimum absolute atomic E-state index is 0.158. The molecule has 1 unspecified atom stereocenters. The topological polar surface area (TPSA) is 95.2 Å². The second kappa shape index (κ2) is 7.46. The molecule has 6 N–H and O–H groups in total. The molecule has 1 aliphatic heterocycles. The van der Waals surface area contributed by atoms with E-state index in [1.807, 2.05) is 12.1 Å². The number of nitrogens with zero attached hydrogens (tertiary/aromatic N) is 1. The summed E-state index contributed by atoms with van der Waals surface area (Å²) in [6.45, 7) is 4.77. The lowest BCUT2D eigenvalue weighted by atomic mass is 9.91. The van der Waals surface area contributed by atoms with Gasteiger partial charge in [-0.2, -0.15) is 0 Å². The molecule has 4 rings (SSSR count). The lowest BCUT2D eigenvalue weighted by molar-refractivity contribution is 0.152. The SMILES string of the molecule is Cc1cccc(Nc2nc(N[C@@H]3CCCC[C@@H]3N)c(C)c3c2C(O)NC3)c1. The molecule has 1 fully saturated rings. The van der Waals surface area contributed by atoms with Crippen LogP contribution in [0.5, 0.6) is 0 Å². The molecule has 1 aromatic carbocycles. The highest BCUT2D eigenvalue weighted by atomic mass is 16.3. The number of fused-ring (bicyclic) bond motifs is 1. The molecule has 1 aliphatic carbocycles. The normalized spacial score (nSPS) is 24.5. The van der Waals surface area contributed by atoms with Gasteiger partial charge >= 0.3 is 0 Å². The van der Waals surface area contributed by atoms with Gasteiger partial charge in [0.25, 0.3) is 0 Å². The summed E-state index contributed by atoms with van der Waals surface area (Å²) in [6, 6.07) is 8.57. The Morgan fingerprint density at radius 1 is 1.19 bits per heavy atom. The van der Waals surface area contributed by atoms with E-state index in [0.29, 0.717) is 12.4 Å². The van der Waals surface area contributed by atoms with Gasteiger partial charge in [-0.1, -0.05) is 25.0 Å². The maximum atomic E-state index is 10.4. The summed E-state index contributed by atoms with van der Waals surface area (Å²) in [5.41, 5.74) is 11.5. The number of nitrogens with two attached hydrogens (primary N) is 1. The zero-order chi connectivity index (χ0) is 19.0. The predicted octanol–water partition coefficient (Wildman–Crippen LogP) is 3.22. The van der Waals surface area contributed by atoms with Crippen molar-refractivity contribution in [3.63, 3.8) is 0 Å². The number of aryl methyl sites for hydroxylation is 1. The number of aliphatic hydroxyl groups excluding tert-OH is 1. The molecule has 0 saturated heterocycles. The highest BCUT2D eigenvalue weighted by molar-refractivity contribution is 5.68. The van der Waals surface area contributed by atoms with Crippen LogP contribution < -0.4 is 21.7 Å². The van der Waals surface area contributed by atoms with Gasteiger partial charge in [0.2, 0.25) is 0 Å². The Balaban J connectivity index is 1.70. The molecule has 27 heavy (non-hydrogen) atoms. The van der Waals surface area contributed by atoms with Crippen molar-refractivity contribution in [2.75, 3.05) is 10.6 Å². The van der Waals surface area contributed by atoms with E-state index in [1.165, 1.54) is 18.4 Å². The molecule has 144 valence electrons. The van der Waals surface area contributed by atoms with Gasteiger partial charge in [-0.25, -0.2) is 4.98 Å². The number of hydrogen-bond donors (Lipinski definition) is 5. The standard InChI is InChI=1S/C21H29N5O/c1-12-6-5-7-14(10-12)24-20-18-15(11-23-21(18)27)13(2)19(26-20)25-17-9-4-3-8-16(17)22/h5-7,10,16-17,21,23,27H,3-4,8-9,11,22H2,1-2H3,(H2,24,25,26)/t16-,17+,21?/m0/s1. The first-order valence-electron chi connectivity index (χ1n) is 9.83. The maximum Gasteiger partial charge on any atom is 0.140 e. The van der Waals surface area contributed by atoms with E-state index in [1.54, 1.807) is 0 Å². The average molecular weight is 367 g/mol. The fourth-order valence-corrected chi connectivity index (χ4v) is 4.18. The van der Waals surface area contributed by atoms with E-state index in [4.69, 9.17) is 10.7 Å². The van der Waals surface area contributed by atoms with Gasteiger partial charge in [-0.3, -0.25) is 5.32 Å².